The molecular weight excluding hydrogens is 524 g/mol. The smallest absolute Gasteiger partial charge is 0.303 e. The molecule has 0 bridgehead atoms. The number of carbonyl (C=O) groups excluding carboxylic acids is 1. The highest BCUT2D eigenvalue weighted by atomic mass is 16.7. The summed E-state index contributed by atoms with van der Waals surface area (Å²) in [7, 11) is 0. The molecule has 218 valence electrons. The minimum Gasteiger partial charge on any atom is -0.457 e. The Balaban J connectivity index is 1.76. The molecule has 0 aromatic heterocycles. The van der Waals surface area contributed by atoms with Crippen LogP contribution in [0.15, 0.2) is 70.6 Å². The lowest BCUT2D eigenvalue weighted by Gasteiger charge is -2.42. The molecule has 2 aromatic rings. The van der Waals surface area contributed by atoms with Crippen molar-refractivity contribution in [3.05, 3.63) is 71.8 Å². The summed E-state index contributed by atoms with van der Waals surface area (Å²) >= 11 is 0. The van der Waals surface area contributed by atoms with Crippen LogP contribution in [0.3, 0.4) is 0 Å². The van der Waals surface area contributed by atoms with Gasteiger partial charge in [-0.2, -0.15) is 0 Å². The molecule has 12 nitrogen and oxygen atoms in total. The molecule has 8 atom stereocenters. The number of ether oxygens (including phenoxy) is 4. The Kier molecular flexibility index (Phi) is 12.8. The van der Waals surface area contributed by atoms with Crippen LogP contribution >= 0.6 is 0 Å². The number of hydrogen-bond donors (Lipinski definition) is 5. The molecule has 5 N–H and O–H groups in total. The standard InChI is InChI=1S/C28H36N2O10/c1-18(33)37-27-25(35)23(17-32)40-28(26(27)36)39-21(14-29-12-19-8-4-2-5-9-19)22(16-31)38-24(34)15-30-13-20-10-6-3-7-11-20/h2-11,14-15,21-28,31-32,34-36H,12-13,16-17H2,1H3/t21-,22+,23-,24+,25+,26-,27+,28-/m1/s1. The fourth-order valence-corrected chi connectivity index (χ4v) is 3.99. The number of rotatable bonds is 14. The van der Waals surface area contributed by atoms with Gasteiger partial charge in [0.25, 0.3) is 0 Å². The average Bonchev–Trinajstić information content (AvgIpc) is 2.95. The number of hydrogen-bond acceptors (Lipinski definition) is 12. The maximum Gasteiger partial charge on any atom is 0.303 e. The number of aliphatic hydroxyl groups excluding tert-OH is 5. The zero-order valence-electron chi connectivity index (χ0n) is 22.0. The first-order valence-corrected chi connectivity index (χ1v) is 12.8. The summed E-state index contributed by atoms with van der Waals surface area (Å²) in [6.07, 6.45) is -8.84. The number of esters is 1. The molecule has 0 aliphatic carbocycles. The SMILES string of the molecule is CC(=O)O[C@H]1[C@@H](O)[C@@H](CO)O[C@@H](O[C@H](C=NCc2ccccc2)[C@H](CO)O[C@H](O)C=NCc2ccccc2)[C@@H]1O. The van der Waals surface area contributed by atoms with Crippen molar-refractivity contribution in [3.8, 4) is 0 Å². The van der Waals surface area contributed by atoms with Gasteiger partial charge in [0, 0.05) is 13.1 Å². The number of aliphatic hydroxyl groups is 5. The second-order valence-electron chi connectivity index (χ2n) is 9.08. The highest BCUT2D eigenvalue weighted by molar-refractivity contribution is 5.66. The van der Waals surface area contributed by atoms with E-state index in [0.717, 1.165) is 18.1 Å². The van der Waals surface area contributed by atoms with Crippen LogP contribution in [0.1, 0.15) is 18.1 Å². The summed E-state index contributed by atoms with van der Waals surface area (Å²) in [4.78, 5) is 20.1. The molecule has 40 heavy (non-hydrogen) atoms. The highest BCUT2D eigenvalue weighted by Gasteiger charge is 2.48. The Morgan fingerprint density at radius 2 is 1.52 bits per heavy atom. The minimum absolute atomic E-state index is 0.252. The number of benzene rings is 2. The largest absolute Gasteiger partial charge is 0.457 e. The minimum atomic E-state index is -1.66. The maximum atomic E-state index is 11.6. The van der Waals surface area contributed by atoms with Gasteiger partial charge < -0.3 is 44.5 Å². The fraction of sp³-hybridized carbons (Fsp3) is 0.464. The maximum absolute atomic E-state index is 11.6. The van der Waals surface area contributed by atoms with Gasteiger partial charge in [-0.1, -0.05) is 60.7 Å². The van der Waals surface area contributed by atoms with Crippen molar-refractivity contribution in [3.63, 3.8) is 0 Å². The first kappa shape index (κ1) is 31.5. The molecule has 2 aromatic carbocycles. The van der Waals surface area contributed by atoms with Gasteiger partial charge in [0.1, 0.15) is 30.5 Å². The van der Waals surface area contributed by atoms with Crippen molar-refractivity contribution in [1.29, 1.82) is 0 Å². The molecule has 0 amide bonds. The molecule has 0 spiro atoms. The predicted octanol–water partition coefficient (Wildman–Crippen LogP) is -0.0198. The number of nitrogens with zero attached hydrogens (tertiary/aromatic N) is 2. The van der Waals surface area contributed by atoms with Crippen LogP contribution < -0.4 is 0 Å². The second kappa shape index (κ2) is 16.3. The quantitative estimate of drug-likeness (QED) is 0.120. The van der Waals surface area contributed by atoms with Gasteiger partial charge >= 0.3 is 5.97 Å². The van der Waals surface area contributed by atoms with Crippen molar-refractivity contribution >= 4 is 18.4 Å². The van der Waals surface area contributed by atoms with E-state index in [4.69, 9.17) is 18.9 Å². The second-order valence-corrected chi connectivity index (χ2v) is 9.08. The molecule has 1 heterocycles. The molecular formula is C28H36N2O10. The third-order valence-corrected chi connectivity index (χ3v) is 5.99. The summed E-state index contributed by atoms with van der Waals surface area (Å²) < 4.78 is 22.0. The van der Waals surface area contributed by atoms with Crippen LogP contribution in [0.2, 0.25) is 0 Å². The van der Waals surface area contributed by atoms with Gasteiger partial charge in [0.2, 0.25) is 0 Å². The summed E-state index contributed by atoms with van der Waals surface area (Å²) in [6.45, 7) is 0.368. The molecule has 1 aliphatic heterocycles. The Morgan fingerprint density at radius 3 is 2.05 bits per heavy atom. The topological polar surface area (TPSA) is 180 Å². The Labute approximate surface area is 232 Å². The lowest BCUT2D eigenvalue weighted by atomic mass is 9.99. The molecule has 1 fully saturated rings. The third-order valence-electron chi connectivity index (χ3n) is 5.99. The van der Waals surface area contributed by atoms with Gasteiger partial charge in [0.15, 0.2) is 18.7 Å². The highest BCUT2D eigenvalue weighted by Crippen LogP contribution is 2.26. The molecule has 1 saturated heterocycles. The lowest BCUT2D eigenvalue weighted by Crippen LogP contribution is -2.61. The predicted molar refractivity (Wildman–Crippen MR) is 143 cm³/mol. The Hall–Kier alpha value is -3.07. The van der Waals surface area contributed by atoms with Gasteiger partial charge in [-0.15, -0.1) is 0 Å². The van der Waals surface area contributed by atoms with Crippen molar-refractivity contribution in [2.75, 3.05) is 13.2 Å². The molecule has 1 aliphatic rings. The summed E-state index contributed by atoms with van der Waals surface area (Å²) in [5.41, 5.74) is 1.81. The van der Waals surface area contributed by atoms with E-state index in [0.29, 0.717) is 6.54 Å². The molecule has 0 radical (unpaired) electrons. The first-order valence-electron chi connectivity index (χ1n) is 12.8. The van der Waals surface area contributed by atoms with Crippen LogP contribution in [0, 0.1) is 0 Å². The van der Waals surface area contributed by atoms with Crippen molar-refractivity contribution in [2.45, 2.75) is 69.2 Å². The van der Waals surface area contributed by atoms with E-state index in [9.17, 15) is 30.3 Å². The van der Waals surface area contributed by atoms with Crippen LogP contribution in [0.4, 0.5) is 0 Å². The van der Waals surface area contributed by atoms with Gasteiger partial charge in [-0.3, -0.25) is 14.8 Å². The van der Waals surface area contributed by atoms with Crippen LogP contribution in [-0.4, -0.2) is 106 Å². The van der Waals surface area contributed by atoms with E-state index in [1.54, 1.807) is 0 Å². The average molecular weight is 561 g/mol. The number of carbonyl (C=O) groups is 1. The first-order chi connectivity index (χ1) is 19.3. The van der Waals surface area contributed by atoms with Crippen LogP contribution in [0.25, 0.3) is 0 Å². The third kappa shape index (κ3) is 9.54. The van der Waals surface area contributed by atoms with E-state index in [1.165, 1.54) is 12.4 Å². The summed E-state index contributed by atoms with van der Waals surface area (Å²) in [5.74, 6) is -0.768. The van der Waals surface area contributed by atoms with Crippen molar-refractivity contribution in [2.24, 2.45) is 9.98 Å². The Morgan fingerprint density at radius 1 is 0.950 bits per heavy atom. The monoisotopic (exact) mass is 560 g/mol. The summed E-state index contributed by atoms with van der Waals surface area (Å²) in [6, 6.07) is 18.7. The lowest BCUT2D eigenvalue weighted by molar-refractivity contribution is -0.315. The van der Waals surface area contributed by atoms with Crippen molar-refractivity contribution in [1.82, 2.24) is 0 Å². The van der Waals surface area contributed by atoms with Crippen LogP contribution in [-0.2, 0) is 36.8 Å². The molecule has 3 rings (SSSR count). The summed E-state index contributed by atoms with van der Waals surface area (Å²) in [5, 5.41) is 51.3. The fourth-order valence-electron chi connectivity index (χ4n) is 3.99. The zero-order chi connectivity index (χ0) is 28.9. The Bertz CT molecular complexity index is 1070. The van der Waals surface area contributed by atoms with Gasteiger partial charge in [-0.25, -0.2) is 0 Å². The van der Waals surface area contributed by atoms with E-state index in [1.807, 2.05) is 60.7 Å². The molecule has 0 saturated carbocycles. The molecule has 12 heteroatoms. The van der Waals surface area contributed by atoms with E-state index >= 15 is 0 Å². The molecule has 0 unspecified atom stereocenters. The zero-order valence-corrected chi connectivity index (χ0v) is 22.0. The van der Waals surface area contributed by atoms with E-state index in [-0.39, 0.29) is 6.54 Å². The van der Waals surface area contributed by atoms with E-state index < -0.39 is 68.4 Å². The van der Waals surface area contributed by atoms with Gasteiger partial charge in [-0.05, 0) is 11.1 Å². The van der Waals surface area contributed by atoms with Gasteiger partial charge in [0.05, 0.1) is 32.5 Å². The van der Waals surface area contributed by atoms with Crippen LogP contribution in [0.5, 0.6) is 0 Å². The number of aliphatic imine (C=N–C) groups is 2. The normalized spacial score (nSPS) is 25.6. The van der Waals surface area contributed by atoms with Crippen molar-refractivity contribution < 1.29 is 49.3 Å². The van der Waals surface area contributed by atoms with E-state index in [2.05, 4.69) is 9.98 Å².